The molecule has 0 aromatic carbocycles. The van der Waals surface area contributed by atoms with Gasteiger partial charge < -0.3 is 5.73 Å². The molecule has 0 aliphatic rings. The largest absolute Gasteiger partial charge is 0.326 e. The molecule has 0 saturated carbocycles. The molecule has 2 heterocycles. The van der Waals surface area contributed by atoms with Crippen molar-refractivity contribution in [2.24, 2.45) is 5.73 Å². The molecule has 0 fully saturated rings. The summed E-state index contributed by atoms with van der Waals surface area (Å²) in [5.74, 6) is 0. The SMILES string of the molecule is NCc1ccc(Cn2cccn2)s1. The molecule has 68 valence electrons. The van der Waals surface area contributed by atoms with Crippen LogP contribution in [0.2, 0.25) is 0 Å². The van der Waals surface area contributed by atoms with Gasteiger partial charge in [-0.2, -0.15) is 5.10 Å². The topological polar surface area (TPSA) is 43.8 Å². The summed E-state index contributed by atoms with van der Waals surface area (Å²) < 4.78 is 1.91. The van der Waals surface area contributed by atoms with Gasteiger partial charge in [-0.05, 0) is 18.2 Å². The molecule has 0 radical (unpaired) electrons. The Labute approximate surface area is 80.8 Å². The van der Waals surface area contributed by atoms with Gasteiger partial charge in [-0.1, -0.05) is 0 Å². The first kappa shape index (κ1) is 8.47. The molecule has 2 aromatic rings. The lowest BCUT2D eigenvalue weighted by molar-refractivity contribution is 0.695. The summed E-state index contributed by atoms with van der Waals surface area (Å²) in [4.78, 5) is 2.52. The van der Waals surface area contributed by atoms with Crippen LogP contribution in [0.3, 0.4) is 0 Å². The van der Waals surface area contributed by atoms with Crippen molar-refractivity contribution in [3.05, 3.63) is 40.3 Å². The fourth-order valence-corrected chi connectivity index (χ4v) is 2.06. The molecule has 2 rings (SSSR count). The molecule has 2 aromatic heterocycles. The summed E-state index contributed by atoms with van der Waals surface area (Å²) in [6.45, 7) is 1.47. The van der Waals surface area contributed by atoms with Crippen LogP contribution in [0, 0.1) is 0 Å². The van der Waals surface area contributed by atoms with E-state index in [4.69, 9.17) is 5.73 Å². The Balaban J connectivity index is 2.10. The van der Waals surface area contributed by atoms with E-state index >= 15 is 0 Å². The summed E-state index contributed by atoms with van der Waals surface area (Å²) in [6, 6.07) is 6.11. The van der Waals surface area contributed by atoms with Gasteiger partial charge in [-0.25, -0.2) is 0 Å². The third-order valence-electron chi connectivity index (χ3n) is 1.80. The van der Waals surface area contributed by atoms with Crippen LogP contribution >= 0.6 is 11.3 Å². The van der Waals surface area contributed by atoms with Crippen LogP contribution in [0.15, 0.2) is 30.6 Å². The van der Waals surface area contributed by atoms with E-state index < -0.39 is 0 Å². The normalized spacial score (nSPS) is 10.5. The summed E-state index contributed by atoms with van der Waals surface area (Å²) >= 11 is 1.75. The quantitative estimate of drug-likeness (QED) is 0.801. The number of hydrogen-bond donors (Lipinski definition) is 1. The number of aromatic nitrogens is 2. The van der Waals surface area contributed by atoms with E-state index in [1.54, 1.807) is 17.5 Å². The van der Waals surface area contributed by atoms with E-state index in [1.165, 1.54) is 9.75 Å². The van der Waals surface area contributed by atoms with Gasteiger partial charge in [0.15, 0.2) is 0 Å². The zero-order valence-corrected chi connectivity index (χ0v) is 8.00. The van der Waals surface area contributed by atoms with Crippen LogP contribution < -0.4 is 5.73 Å². The first-order chi connectivity index (χ1) is 6.38. The number of nitrogens with two attached hydrogens (primary N) is 1. The highest BCUT2D eigenvalue weighted by molar-refractivity contribution is 7.11. The van der Waals surface area contributed by atoms with Crippen molar-refractivity contribution in [3.63, 3.8) is 0 Å². The van der Waals surface area contributed by atoms with Crippen molar-refractivity contribution in [1.29, 1.82) is 0 Å². The zero-order valence-electron chi connectivity index (χ0n) is 7.18. The van der Waals surface area contributed by atoms with Gasteiger partial charge in [-0.15, -0.1) is 11.3 Å². The molecule has 2 N–H and O–H groups in total. The Morgan fingerprint density at radius 3 is 2.85 bits per heavy atom. The first-order valence-electron chi connectivity index (χ1n) is 4.13. The highest BCUT2D eigenvalue weighted by Crippen LogP contribution is 2.16. The molecular weight excluding hydrogens is 182 g/mol. The van der Waals surface area contributed by atoms with Crippen LogP contribution in [-0.2, 0) is 13.1 Å². The summed E-state index contributed by atoms with van der Waals surface area (Å²) in [5.41, 5.74) is 5.52. The Morgan fingerprint density at radius 1 is 1.38 bits per heavy atom. The fraction of sp³-hybridized carbons (Fsp3) is 0.222. The maximum Gasteiger partial charge on any atom is 0.0752 e. The Kier molecular flexibility index (Phi) is 2.42. The number of nitrogens with zero attached hydrogens (tertiary/aromatic N) is 2. The van der Waals surface area contributed by atoms with Crippen molar-refractivity contribution in [3.8, 4) is 0 Å². The number of thiophene rings is 1. The Bertz CT molecular complexity index is 364. The molecular formula is C9H11N3S. The standard InChI is InChI=1S/C9H11N3S/c10-6-8-2-3-9(13-8)7-12-5-1-4-11-12/h1-5H,6-7,10H2. The third kappa shape index (κ3) is 1.96. The van der Waals surface area contributed by atoms with Crippen LogP contribution in [0.5, 0.6) is 0 Å². The second kappa shape index (κ2) is 3.72. The van der Waals surface area contributed by atoms with E-state index in [-0.39, 0.29) is 0 Å². The van der Waals surface area contributed by atoms with Crippen LogP contribution in [0.4, 0.5) is 0 Å². The van der Waals surface area contributed by atoms with E-state index in [9.17, 15) is 0 Å². The molecule has 0 saturated heterocycles. The lowest BCUT2D eigenvalue weighted by Crippen LogP contribution is -1.97. The van der Waals surface area contributed by atoms with Crippen molar-refractivity contribution in [2.45, 2.75) is 13.1 Å². The second-order valence-corrected chi connectivity index (χ2v) is 4.03. The van der Waals surface area contributed by atoms with Gasteiger partial charge in [0, 0.05) is 28.7 Å². The number of rotatable bonds is 3. The van der Waals surface area contributed by atoms with Crippen LogP contribution in [0.1, 0.15) is 9.75 Å². The van der Waals surface area contributed by atoms with Gasteiger partial charge in [0.1, 0.15) is 0 Å². The van der Waals surface area contributed by atoms with Crippen molar-refractivity contribution >= 4 is 11.3 Å². The molecule has 0 spiro atoms. The second-order valence-electron chi connectivity index (χ2n) is 2.78. The fourth-order valence-electron chi connectivity index (χ4n) is 1.17. The minimum atomic E-state index is 0.629. The van der Waals surface area contributed by atoms with Crippen molar-refractivity contribution < 1.29 is 0 Å². The predicted octanol–water partition coefficient (Wildman–Crippen LogP) is 1.45. The Morgan fingerprint density at radius 2 is 2.23 bits per heavy atom. The van der Waals surface area contributed by atoms with Gasteiger partial charge in [0.2, 0.25) is 0 Å². The lowest BCUT2D eigenvalue weighted by Gasteiger charge is -1.96. The summed E-state index contributed by atoms with van der Waals surface area (Å²) in [6.07, 6.45) is 3.75. The number of hydrogen-bond acceptors (Lipinski definition) is 3. The van der Waals surface area contributed by atoms with Crippen molar-refractivity contribution in [1.82, 2.24) is 9.78 Å². The van der Waals surface area contributed by atoms with E-state index in [2.05, 4.69) is 17.2 Å². The highest BCUT2D eigenvalue weighted by atomic mass is 32.1. The van der Waals surface area contributed by atoms with Gasteiger partial charge in [0.05, 0.1) is 6.54 Å². The van der Waals surface area contributed by atoms with Gasteiger partial charge in [0.25, 0.3) is 0 Å². The van der Waals surface area contributed by atoms with Gasteiger partial charge >= 0.3 is 0 Å². The van der Waals surface area contributed by atoms with Crippen LogP contribution in [0.25, 0.3) is 0 Å². The zero-order chi connectivity index (χ0) is 9.10. The minimum absolute atomic E-state index is 0.629. The van der Waals surface area contributed by atoms with E-state index in [0.717, 1.165) is 6.54 Å². The molecule has 0 aliphatic heterocycles. The Hall–Kier alpha value is -1.13. The molecule has 3 nitrogen and oxygen atoms in total. The molecule has 0 aliphatic carbocycles. The highest BCUT2D eigenvalue weighted by Gasteiger charge is 1.99. The summed E-state index contributed by atoms with van der Waals surface area (Å²) in [5, 5.41) is 4.14. The smallest absolute Gasteiger partial charge is 0.0752 e. The third-order valence-corrected chi connectivity index (χ3v) is 2.89. The monoisotopic (exact) mass is 193 g/mol. The molecule has 0 unspecified atom stereocenters. The average Bonchev–Trinajstić information content (AvgIpc) is 2.76. The summed E-state index contributed by atoms with van der Waals surface area (Å²) in [7, 11) is 0. The average molecular weight is 193 g/mol. The van der Waals surface area contributed by atoms with Crippen LogP contribution in [-0.4, -0.2) is 9.78 Å². The minimum Gasteiger partial charge on any atom is -0.326 e. The maximum absolute atomic E-state index is 5.52. The van der Waals surface area contributed by atoms with E-state index in [1.807, 2.05) is 16.9 Å². The molecule has 13 heavy (non-hydrogen) atoms. The molecule has 0 bridgehead atoms. The van der Waals surface area contributed by atoms with Crippen molar-refractivity contribution in [2.75, 3.05) is 0 Å². The van der Waals surface area contributed by atoms with E-state index in [0.29, 0.717) is 6.54 Å². The lowest BCUT2D eigenvalue weighted by atomic mass is 10.4. The molecule has 4 heteroatoms. The first-order valence-corrected chi connectivity index (χ1v) is 4.95. The van der Waals surface area contributed by atoms with Gasteiger partial charge in [-0.3, -0.25) is 4.68 Å². The molecule has 0 atom stereocenters. The predicted molar refractivity (Wildman–Crippen MR) is 53.5 cm³/mol. The molecule has 0 amide bonds. The maximum atomic E-state index is 5.52.